The number of para-hydroxylation sites is 1. The van der Waals surface area contributed by atoms with Crippen LogP contribution in [0.4, 0.5) is 5.69 Å². The molecule has 2 bridgehead atoms. The van der Waals surface area contributed by atoms with Gasteiger partial charge in [0.05, 0.1) is 19.6 Å². The third-order valence-electron chi connectivity index (χ3n) is 6.91. The molecule has 0 radical (unpaired) electrons. The summed E-state index contributed by atoms with van der Waals surface area (Å²) < 4.78 is 4.86. The summed E-state index contributed by atoms with van der Waals surface area (Å²) in [5, 5.41) is 3.53. The van der Waals surface area contributed by atoms with Gasteiger partial charge in [0.25, 0.3) is 0 Å². The lowest BCUT2D eigenvalue weighted by atomic mass is 9.58. The molecule has 1 unspecified atom stereocenters. The predicted molar refractivity (Wildman–Crippen MR) is 88.7 cm³/mol. The molecule has 24 heavy (non-hydrogen) atoms. The number of benzene rings is 1. The third-order valence-corrected chi connectivity index (χ3v) is 6.91. The van der Waals surface area contributed by atoms with Crippen LogP contribution in [0, 0.1) is 11.8 Å². The monoisotopic (exact) mass is 326 g/mol. The fraction of sp³-hybridized carbons (Fsp3) is 0.579. The quantitative estimate of drug-likeness (QED) is 0.836. The summed E-state index contributed by atoms with van der Waals surface area (Å²) in [6.45, 7) is 1.85. The first-order valence-electron chi connectivity index (χ1n) is 8.86. The van der Waals surface area contributed by atoms with E-state index in [2.05, 4.69) is 28.4 Å². The summed E-state index contributed by atoms with van der Waals surface area (Å²) in [5.41, 5.74) is 2.37. The molecule has 1 saturated carbocycles. The Bertz CT molecular complexity index is 733. The van der Waals surface area contributed by atoms with Gasteiger partial charge in [-0.15, -0.1) is 0 Å². The maximum atomic E-state index is 13.3. The Morgan fingerprint density at radius 1 is 1.42 bits per heavy atom. The summed E-state index contributed by atoms with van der Waals surface area (Å²) in [4.78, 5) is 27.6. The van der Waals surface area contributed by atoms with Crippen LogP contribution in [0.1, 0.15) is 24.8 Å². The van der Waals surface area contributed by atoms with Crippen molar-refractivity contribution in [2.45, 2.75) is 36.8 Å². The summed E-state index contributed by atoms with van der Waals surface area (Å²) in [6, 6.07) is 8.68. The van der Waals surface area contributed by atoms with E-state index in [0.29, 0.717) is 18.2 Å². The van der Waals surface area contributed by atoms with E-state index in [9.17, 15) is 9.59 Å². The molecule has 5 rings (SSSR count). The molecule has 1 spiro atoms. The van der Waals surface area contributed by atoms with E-state index >= 15 is 0 Å². The third kappa shape index (κ3) is 1.63. The van der Waals surface area contributed by atoms with Gasteiger partial charge in [-0.25, -0.2) is 0 Å². The van der Waals surface area contributed by atoms with Crippen LogP contribution in [0.2, 0.25) is 0 Å². The second-order valence-corrected chi connectivity index (χ2v) is 7.71. The second kappa shape index (κ2) is 4.82. The van der Waals surface area contributed by atoms with Gasteiger partial charge in [-0.1, -0.05) is 18.2 Å². The highest BCUT2D eigenvalue weighted by Gasteiger charge is 2.66. The van der Waals surface area contributed by atoms with Crippen molar-refractivity contribution in [1.29, 1.82) is 0 Å². The number of ketones is 1. The van der Waals surface area contributed by atoms with E-state index < -0.39 is 0 Å². The highest BCUT2D eigenvalue weighted by molar-refractivity contribution is 5.96. The summed E-state index contributed by atoms with van der Waals surface area (Å²) in [6.07, 6.45) is 2.26. The molecule has 0 amide bonds. The van der Waals surface area contributed by atoms with E-state index in [1.807, 2.05) is 6.07 Å². The van der Waals surface area contributed by atoms with Crippen LogP contribution in [0.15, 0.2) is 24.3 Å². The molecule has 0 aromatic heterocycles. The highest BCUT2D eigenvalue weighted by atomic mass is 16.5. The fourth-order valence-electron chi connectivity index (χ4n) is 5.91. The van der Waals surface area contributed by atoms with Crippen molar-refractivity contribution in [2.75, 3.05) is 25.5 Å². The van der Waals surface area contributed by atoms with Crippen molar-refractivity contribution in [2.24, 2.45) is 11.8 Å². The van der Waals surface area contributed by atoms with Crippen LogP contribution >= 0.6 is 0 Å². The zero-order chi connectivity index (χ0) is 16.5. The molecular formula is C19H22N2O3. The number of ether oxygens (including phenoxy) is 1. The molecule has 3 fully saturated rings. The number of nitrogens with zero attached hydrogens (tertiary/aromatic N) is 1. The van der Waals surface area contributed by atoms with Crippen molar-refractivity contribution in [3.8, 4) is 0 Å². The summed E-state index contributed by atoms with van der Waals surface area (Å²) >= 11 is 0. The Morgan fingerprint density at radius 3 is 3.08 bits per heavy atom. The van der Waals surface area contributed by atoms with Crippen LogP contribution < -0.4 is 5.32 Å². The zero-order valence-electron chi connectivity index (χ0n) is 13.8. The number of hydrogen-bond acceptors (Lipinski definition) is 5. The lowest BCUT2D eigenvalue weighted by Gasteiger charge is -2.51. The second-order valence-electron chi connectivity index (χ2n) is 7.71. The van der Waals surface area contributed by atoms with Gasteiger partial charge in [0.1, 0.15) is 0 Å². The van der Waals surface area contributed by atoms with Gasteiger partial charge in [0, 0.05) is 29.6 Å². The number of carbonyl (C=O) groups excluding carboxylic acids is 2. The molecule has 1 aromatic rings. The highest BCUT2D eigenvalue weighted by Crippen LogP contribution is 2.58. The fourth-order valence-corrected chi connectivity index (χ4v) is 5.91. The average molecular weight is 326 g/mol. The van der Waals surface area contributed by atoms with Crippen LogP contribution in [-0.4, -0.2) is 48.9 Å². The van der Waals surface area contributed by atoms with Gasteiger partial charge < -0.3 is 10.1 Å². The largest absolute Gasteiger partial charge is 0.469 e. The number of rotatable bonds is 2. The standard InChI is InChI=1S/C19H22N2O3/c1-24-16(22)8-11-10-21-7-6-19-13-4-2-3-5-14(13)20-18(19)17(23)12(11)9-15(19)21/h2-5,11-12,15,18,20H,6-10H2,1H3/t11-,12+,15+,18+,19?/m1/s1. The number of carbonyl (C=O) groups is 2. The molecule has 1 aliphatic carbocycles. The molecule has 4 aliphatic rings. The molecule has 3 aliphatic heterocycles. The molecule has 126 valence electrons. The number of anilines is 1. The Kier molecular flexibility index (Phi) is 2.90. The lowest BCUT2D eigenvalue weighted by molar-refractivity contribution is -0.145. The number of methoxy groups -OCH3 is 1. The maximum Gasteiger partial charge on any atom is 0.305 e. The SMILES string of the molecule is COC(=O)C[C@@H]1CN2CCC34c5ccccc5N[C@H]3C(=O)[C@H]1C[C@H]24. The Balaban J connectivity index is 1.57. The number of nitrogens with one attached hydrogen (secondary N) is 1. The minimum Gasteiger partial charge on any atom is -0.469 e. The van der Waals surface area contributed by atoms with Gasteiger partial charge in [-0.05, 0) is 36.9 Å². The van der Waals surface area contributed by atoms with Gasteiger partial charge in [-0.2, -0.15) is 0 Å². The molecule has 5 nitrogen and oxygen atoms in total. The van der Waals surface area contributed by atoms with Gasteiger partial charge in [0.15, 0.2) is 5.78 Å². The molecule has 5 heteroatoms. The molecule has 2 saturated heterocycles. The van der Waals surface area contributed by atoms with Crippen molar-refractivity contribution >= 4 is 17.4 Å². The summed E-state index contributed by atoms with van der Waals surface area (Å²) in [7, 11) is 1.42. The number of Topliss-reactive ketones (excluding diaryl/α,β-unsaturated/α-hetero) is 1. The van der Waals surface area contributed by atoms with E-state index in [1.165, 1.54) is 12.7 Å². The van der Waals surface area contributed by atoms with E-state index in [4.69, 9.17) is 4.74 Å². The average Bonchev–Trinajstić information content (AvgIpc) is 3.15. The first-order valence-corrected chi connectivity index (χ1v) is 8.86. The zero-order valence-corrected chi connectivity index (χ0v) is 13.8. The molecule has 1 aromatic carbocycles. The van der Waals surface area contributed by atoms with Gasteiger partial charge in [0.2, 0.25) is 0 Å². The minimum absolute atomic E-state index is 0.0246. The summed E-state index contributed by atoms with van der Waals surface area (Å²) in [5.74, 6) is 0.161. The van der Waals surface area contributed by atoms with Crippen molar-refractivity contribution < 1.29 is 14.3 Å². The number of fused-ring (bicyclic) bond motifs is 2. The number of esters is 1. The smallest absolute Gasteiger partial charge is 0.305 e. The number of hydrogen-bond donors (Lipinski definition) is 1. The van der Waals surface area contributed by atoms with E-state index in [0.717, 1.165) is 31.6 Å². The van der Waals surface area contributed by atoms with Gasteiger partial charge in [-0.3, -0.25) is 14.5 Å². The normalized spacial score (nSPS) is 39.1. The molecule has 3 heterocycles. The Hall–Kier alpha value is -1.88. The van der Waals surface area contributed by atoms with Crippen molar-refractivity contribution in [3.63, 3.8) is 0 Å². The first-order chi connectivity index (χ1) is 11.6. The molecular weight excluding hydrogens is 304 g/mol. The van der Waals surface area contributed by atoms with Crippen molar-refractivity contribution in [1.82, 2.24) is 4.90 Å². The molecule has 1 N–H and O–H groups in total. The molecule has 5 atom stereocenters. The van der Waals surface area contributed by atoms with Crippen molar-refractivity contribution in [3.05, 3.63) is 29.8 Å². The van der Waals surface area contributed by atoms with Crippen LogP contribution in [-0.2, 0) is 19.7 Å². The van der Waals surface area contributed by atoms with E-state index in [1.54, 1.807) is 0 Å². The Labute approximate surface area is 141 Å². The number of piperidine rings is 1. The maximum absolute atomic E-state index is 13.3. The predicted octanol–water partition coefficient (Wildman–Crippen LogP) is 1.57. The van der Waals surface area contributed by atoms with Crippen LogP contribution in [0.25, 0.3) is 0 Å². The first kappa shape index (κ1) is 14.5. The lowest BCUT2D eigenvalue weighted by Crippen LogP contribution is -2.64. The Morgan fingerprint density at radius 2 is 2.25 bits per heavy atom. The van der Waals surface area contributed by atoms with Crippen LogP contribution in [0.3, 0.4) is 0 Å². The minimum atomic E-state index is -0.204. The van der Waals surface area contributed by atoms with E-state index in [-0.39, 0.29) is 29.3 Å². The van der Waals surface area contributed by atoms with Crippen LogP contribution in [0.5, 0.6) is 0 Å². The topological polar surface area (TPSA) is 58.6 Å². The van der Waals surface area contributed by atoms with Gasteiger partial charge >= 0.3 is 5.97 Å².